The lowest BCUT2D eigenvalue weighted by atomic mass is 9.71. The maximum absolute atomic E-state index is 9.94. The first-order chi connectivity index (χ1) is 12.7. The molecule has 142 valence electrons. The van der Waals surface area contributed by atoms with Gasteiger partial charge < -0.3 is 19.7 Å². The summed E-state index contributed by atoms with van der Waals surface area (Å²) in [7, 11) is 1.76. The number of benzene rings is 1. The van der Waals surface area contributed by atoms with E-state index in [0.29, 0.717) is 17.9 Å². The molecule has 2 aliphatic rings. The molecule has 0 bridgehead atoms. The summed E-state index contributed by atoms with van der Waals surface area (Å²) in [4.78, 5) is 8.45. The second-order valence-electron chi connectivity index (χ2n) is 8.11. The van der Waals surface area contributed by atoms with Gasteiger partial charge in [-0.25, -0.2) is 0 Å². The van der Waals surface area contributed by atoms with Gasteiger partial charge in [-0.3, -0.25) is 4.90 Å². The highest BCUT2D eigenvalue weighted by atomic mass is 16.5. The number of para-hydroxylation sites is 1. The summed E-state index contributed by atoms with van der Waals surface area (Å²) in [6, 6.07) is 8.55. The second kappa shape index (κ2) is 7.69. The van der Waals surface area contributed by atoms with Crippen LogP contribution in [0.5, 0.6) is 0 Å². The molecule has 0 aliphatic carbocycles. The summed E-state index contributed by atoms with van der Waals surface area (Å²) in [6.07, 6.45) is 4.53. The third-order valence-corrected chi connectivity index (χ3v) is 6.64. The van der Waals surface area contributed by atoms with Gasteiger partial charge in [-0.05, 0) is 43.0 Å². The summed E-state index contributed by atoms with van der Waals surface area (Å²) in [5.41, 5.74) is 2.91. The molecule has 5 heteroatoms. The molecular weight excluding hydrogens is 326 g/mol. The zero-order valence-corrected chi connectivity index (χ0v) is 15.8. The molecule has 1 unspecified atom stereocenters. The number of aliphatic hydroxyl groups is 1. The van der Waals surface area contributed by atoms with E-state index in [1.54, 1.807) is 7.11 Å². The van der Waals surface area contributed by atoms with Crippen molar-refractivity contribution in [2.45, 2.75) is 19.4 Å². The number of hydrogen-bond donors (Lipinski definition) is 2. The van der Waals surface area contributed by atoms with Crippen molar-refractivity contribution in [2.24, 2.45) is 11.3 Å². The van der Waals surface area contributed by atoms with Crippen LogP contribution in [0.1, 0.15) is 18.4 Å². The molecule has 2 saturated heterocycles. The van der Waals surface area contributed by atoms with Crippen molar-refractivity contribution in [2.75, 3.05) is 53.0 Å². The molecule has 2 fully saturated rings. The minimum Gasteiger partial charge on any atom is -0.396 e. The first-order valence-electron chi connectivity index (χ1n) is 9.83. The van der Waals surface area contributed by atoms with Crippen molar-refractivity contribution in [1.82, 2.24) is 14.8 Å². The molecule has 2 aromatic rings. The Balaban J connectivity index is 1.39. The van der Waals surface area contributed by atoms with Crippen LogP contribution < -0.4 is 0 Å². The number of H-pyrrole nitrogens is 1. The number of rotatable bonds is 6. The van der Waals surface area contributed by atoms with Crippen molar-refractivity contribution < 1.29 is 9.84 Å². The van der Waals surface area contributed by atoms with Gasteiger partial charge in [0.15, 0.2) is 0 Å². The van der Waals surface area contributed by atoms with Crippen LogP contribution in [0.2, 0.25) is 0 Å². The minimum absolute atomic E-state index is 0.291. The van der Waals surface area contributed by atoms with Crippen LogP contribution in [0, 0.1) is 11.3 Å². The van der Waals surface area contributed by atoms with Gasteiger partial charge >= 0.3 is 0 Å². The van der Waals surface area contributed by atoms with Crippen LogP contribution in [-0.2, 0) is 11.3 Å². The number of methoxy groups -OCH3 is 1. The van der Waals surface area contributed by atoms with E-state index in [1.807, 2.05) is 0 Å². The fraction of sp³-hybridized carbons (Fsp3) is 0.619. The second-order valence-corrected chi connectivity index (χ2v) is 8.11. The summed E-state index contributed by atoms with van der Waals surface area (Å²) in [6.45, 7) is 7.45. The number of aromatic nitrogens is 1. The van der Waals surface area contributed by atoms with E-state index in [0.717, 1.165) is 45.9 Å². The standard InChI is InChI=1S/C21H31N3O2/c1-26-11-10-24-14-18(15-25)21(16-24)6-8-23(9-7-21)13-17-12-22-20-5-3-2-4-19(17)20/h2-5,12,18,22,25H,6-11,13-16H2,1H3. The maximum Gasteiger partial charge on any atom is 0.0589 e. The Morgan fingerprint density at radius 1 is 1.23 bits per heavy atom. The summed E-state index contributed by atoms with van der Waals surface area (Å²) in [5, 5.41) is 11.3. The van der Waals surface area contributed by atoms with Gasteiger partial charge in [0, 0.05) is 62.9 Å². The molecule has 1 atom stereocenters. The average molecular weight is 357 g/mol. The van der Waals surface area contributed by atoms with E-state index in [-0.39, 0.29) is 0 Å². The smallest absolute Gasteiger partial charge is 0.0589 e. The van der Waals surface area contributed by atoms with Crippen LogP contribution in [0.25, 0.3) is 10.9 Å². The van der Waals surface area contributed by atoms with E-state index in [4.69, 9.17) is 4.74 Å². The number of nitrogens with zero attached hydrogens (tertiary/aromatic N) is 2. The topological polar surface area (TPSA) is 51.7 Å². The SMILES string of the molecule is COCCN1CC(CO)C2(CCN(Cc3c[nH]c4ccccc34)CC2)C1. The monoisotopic (exact) mass is 357 g/mol. The van der Waals surface area contributed by atoms with E-state index in [2.05, 4.69) is 45.2 Å². The molecule has 26 heavy (non-hydrogen) atoms. The van der Waals surface area contributed by atoms with E-state index < -0.39 is 0 Å². The van der Waals surface area contributed by atoms with Gasteiger partial charge in [-0.15, -0.1) is 0 Å². The van der Waals surface area contributed by atoms with E-state index >= 15 is 0 Å². The molecule has 5 nitrogen and oxygen atoms in total. The van der Waals surface area contributed by atoms with Crippen molar-refractivity contribution in [3.8, 4) is 0 Å². The Hall–Kier alpha value is -1.40. The van der Waals surface area contributed by atoms with Crippen molar-refractivity contribution in [1.29, 1.82) is 0 Å². The molecule has 1 aromatic carbocycles. The Labute approximate surface area is 155 Å². The fourth-order valence-corrected chi connectivity index (χ4v) is 5.01. The van der Waals surface area contributed by atoms with Crippen LogP contribution in [0.3, 0.4) is 0 Å². The van der Waals surface area contributed by atoms with Gasteiger partial charge in [0.1, 0.15) is 0 Å². The number of hydrogen-bond acceptors (Lipinski definition) is 4. The van der Waals surface area contributed by atoms with Gasteiger partial charge in [0.05, 0.1) is 6.61 Å². The fourth-order valence-electron chi connectivity index (χ4n) is 5.01. The number of nitrogens with one attached hydrogen (secondary N) is 1. The van der Waals surface area contributed by atoms with Crippen LogP contribution in [0.4, 0.5) is 0 Å². The third kappa shape index (κ3) is 3.41. The number of aliphatic hydroxyl groups excluding tert-OH is 1. The molecule has 0 saturated carbocycles. The highest BCUT2D eigenvalue weighted by Gasteiger charge is 2.47. The predicted octanol–water partition coefficient (Wildman–Crippen LogP) is 2.32. The van der Waals surface area contributed by atoms with Crippen LogP contribution >= 0.6 is 0 Å². The number of fused-ring (bicyclic) bond motifs is 1. The first kappa shape index (κ1) is 18.0. The number of likely N-dealkylation sites (tertiary alicyclic amines) is 2. The third-order valence-electron chi connectivity index (χ3n) is 6.64. The van der Waals surface area contributed by atoms with Crippen LogP contribution in [-0.4, -0.2) is 72.9 Å². The zero-order chi connectivity index (χ0) is 18.0. The molecule has 0 radical (unpaired) electrons. The first-order valence-corrected chi connectivity index (χ1v) is 9.83. The minimum atomic E-state index is 0.291. The molecule has 4 rings (SSSR count). The molecule has 0 amide bonds. The number of ether oxygens (including phenoxy) is 1. The Morgan fingerprint density at radius 3 is 2.81 bits per heavy atom. The Morgan fingerprint density at radius 2 is 2.04 bits per heavy atom. The summed E-state index contributed by atoms with van der Waals surface area (Å²) in [5.74, 6) is 0.412. The van der Waals surface area contributed by atoms with Crippen molar-refractivity contribution in [3.05, 3.63) is 36.0 Å². The molecule has 1 aromatic heterocycles. The normalized spacial score (nSPS) is 24.0. The zero-order valence-electron chi connectivity index (χ0n) is 15.8. The highest BCUT2D eigenvalue weighted by Crippen LogP contribution is 2.44. The van der Waals surface area contributed by atoms with Crippen molar-refractivity contribution in [3.63, 3.8) is 0 Å². The molecule has 1 spiro atoms. The molecule has 3 heterocycles. The quantitative estimate of drug-likeness (QED) is 0.833. The Kier molecular flexibility index (Phi) is 5.32. The number of piperidine rings is 1. The highest BCUT2D eigenvalue weighted by molar-refractivity contribution is 5.82. The van der Waals surface area contributed by atoms with E-state index in [9.17, 15) is 5.11 Å². The summed E-state index contributed by atoms with van der Waals surface area (Å²) >= 11 is 0. The predicted molar refractivity (Wildman–Crippen MR) is 104 cm³/mol. The number of aromatic amines is 1. The molecule has 2 aliphatic heterocycles. The van der Waals surface area contributed by atoms with Gasteiger partial charge in [0.2, 0.25) is 0 Å². The van der Waals surface area contributed by atoms with Gasteiger partial charge in [0.25, 0.3) is 0 Å². The summed E-state index contributed by atoms with van der Waals surface area (Å²) < 4.78 is 5.24. The van der Waals surface area contributed by atoms with Crippen molar-refractivity contribution >= 4 is 10.9 Å². The average Bonchev–Trinajstić information content (AvgIpc) is 3.23. The lowest BCUT2D eigenvalue weighted by Crippen LogP contribution is -2.44. The van der Waals surface area contributed by atoms with Gasteiger partial charge in [-0.2, -0.15) is 0 Å². The molecular formula is C21H31N3O2. The lowest BCUT2D eigenvalue weighted by Gasteiger charge is -2.42. The largest absolute Gasteiger partial charge is 0.396 e. The molecule has 2 N–H and O–H groups in total. The van der Waals surface area contributed by atoms with Crippen LogP contribution in [0.15, 0.2) is 30.5 Å². The lowest BCUT2D eigenvalue weighted by molar-refractivity contribution is 0.0478. The van der Waals surface area contributed by atoms with E-state index in [1.165, 1.54) is 29.3 Å². The maximum atomic E-state index is 9.94. The Bertz CT molecular complexity index is 721. The van der Waals surface area contributed by atoms with Gasteiger partial charge in [-0.1, -0.05) is 18.2 Å².